The molecule has 0 rings (SSSR count). The van der Waals surface area contributed by atoms with Crippen LogP contribution in [0.15, 0.2) is 0 Å². The summed E-state index contributed by atoms with van der Waals surface area (Å²) in [6.45, 7) is 4.73. The number of hydroxylamine groups is 1. The fourth-order valence-electron chi connectivity index (χ4n) is 3.75. The molecule has 182 valence electrons. The van der Waals surface area contributed by atoms with E-state index in [1.54, 1.807) is 5.48 Å². The van der Waals surface area contributed by atoms with Crippen LogP contribution >= 0.6 is 0 Å². The van der Waals surface area contributed by atoms with E-state index in [-0.39, 0.29) is 31.1 Å². The first kappa shape index (κ1) is 29.6. The SMILES string of the molecule is CCCCCCCCCCCC(=O)CCC(=O)N(CCCCCCCC)CC(=O)NO. The van der Waals surface area contributed by atoms with Gasteiger partial charge < -0.3 is 4.90 Å². The minimum atomic E-state index is -0.597. The fraction of sp³-hybridized carbons (Fsp3) is 0.880. The lowest BCUT2D eigenvalue weighted by atomic mass is 10.0. The highest BCUT2D eigenvalue weighted by molar-refractivity contribution is 5.87. The highest BCUT2D eigenvalue weighted by Gasteiger charge is 2.17. The molecule has 0 aromatic heterocycles. The topological polar surface area (TPSA) is 86.7 Å². The third-order valence-corrected chi connectivity index (χ3v) is 5.77. The number of carbonyl (C=O) groups is 3. The van der Waals surface area contributed by atoms with Crippen molar-refractivity contribution >= 4 is 17.6 Å². The van der Waals surface area contributed by atoms with E-state index >= 15 is 0 Å². The van der Waals surface area contributed by atoms with Crippen molar-refractivity contribution in [2.45, 2.75) is 129 Å². The summed E-state index contributed by atoms with van der Waals surface area (Å²) in [6.07, 6.45) is 18.4. The zero-order chi connectivity index (χ0) is 23.2. The maximum absolute atomic E-state index is 12.5. The standard InChI is InChI=1S/C25H48N2O4/c1-3-5-7-9-11-12-13-14-16-18-23(28)19-20-25(30)27(22-24(29)26-31)21-17-15-10-8-6-4-2/h31H,3-22H2,1-2H3,(H,26,29). The Morgan fingerprint density at radius 3 is 1.65 bits per heavy atom. The number of unbranched alkanes of at least 4 members (excludes halogenated alkanes) is 13. The second-order valence-corrected chi connectivity index (χ2v) is 8.74. The second-order valence-electron chi connectivity index (χ2n) is 8.74. The number of ketones is 1. The predicted molar refractivity (Wildman–Crippen MR) is 126 cm³/mol. The Balaban J connectivity index is 4.01. The summed E-state index contributed by atoms with van der Waals surface area (Å²) in [5.74, 6) is -0.652. The molecule has 0 saturated carbocycles. The predicted octanol–water partition coefficient (Wildman–Crippen LogP) is 5.95. The third kappa shape index (κ3) is 19.0. The van der Waals surface area contributed by atoms with Gasteiger partial charge in [-0.15, -0.1) is 0 Å². The highest BCUT2D eigenvalue weighted by atomic mass is 16.5. The van der Waals surface area contributed by atoms with Crippen molar-refractivity contribution in [1.29, 1.82) is 0 Å². The van der Waals surface area contributed by atoms with E-state index in [9.17, 15) is 14.4 Å². The monoisotopic (exact) mass is 440 g/mol. The first-order valence-corrected chi connectivity index (χ1v) is 12.8. The van der Waals surface area contributed by atoms with Crippen LogP contribution in [0.3, 0.4) is 0 Å². The Morgan fingerprint density at radius 1 is 0.645 bits per heavy atom. The van der Waals surface area contributed by atoms with Crippen LogP contribution in [-0.2, 0) is 14.4 Å². The van der Waals surface area contributed by atoms with E-state index in [0.29, 0.717) is 13.0 Å². The van der Waals surface area contributed by atoms with E-state index < -0.39 is 5.91 Å². The lowest BCUT2D eigenvalue weighted by Crippen LogP contribution is -2.40. The van der Waals surface area contributed by atoms with Crippen LogP contribution in [0.4, 0.5) is 0 Å². The first-order chi connectivity index (χ1) is 15.0. The van der Waals surface area contributed by atoms with Crippen LogP contribution in [0.5, 0.6) is 0 Å². The average molecular weight is 441 g/mol. The van der Waals surface area contributed by atoms with Crippen molar-refractivity contribution in [2.75, 3.05) is 13.1 Å². The Bertz CT molecular complexity index is 468. The highest BCUT2D eigenvalue weighted by Crippen LogP contribution is 2.12. The van der Waals surface area contributed by atoms with Crippen molar-refractivity contribution in [3.8, 4) is 0 Å². The van der Waals surface area contributed by atoms with Crippen LogP contribution in [0.1, 0.15) is 129 Å². The van der Waals surface area contributed by atoms with Gasteiger partial charge in [0.05, 0.1) is 0 Å². The summed E-state index contributed by atoms with van der Waals surface area (Å²) in [4.78, 5) is 37.6. The normalized spacial score (nSPS) is 10.8. The molecule has 31 heavy (non-hydrogen) atoms. The molecule has 0 aliphatic rings. The number of carbonyl (C=O) groups excluding carboxylic acids is 3. The maximum atomic E-state index is 12.5. The molecule has 0 aliphatic carbocycles. The van der Waals surface area contributed by atoms with Crippen molar-refractivity contribution < 1.29 is 19.6 Å². The lowest BCUT2D eigenvalue weighted by molar-refractivity contribution is -0.140. The van der Waals surface area contributed by atoms with Gasteiger partial charge in [0.1, 0.15) is 12.3 Å². The van der Waals surface area contributed by atoms with Gasteiger partial charge in [-0.25, -0.2) is 5.48 Å². The van der Waals surface area contributed by atoms with Crippen molar-refractivity contribution in [2.24, 2.45) is 0 Å². The number of rotatable bonds is 22. The van der Waals surface area contributed by atoms with Crippen LogP contribution < -0.4 is 5.48 Å². The Kier molecular flexibility index (Phi) is 20.8. The molecule has 0 aliphatic heterocycles. The summed E-state index contributed by atoms with van der Waals surface area (Å²) in [6, 6.07) is 0. The van der Waals surface area contributed by atoms with E-state index in [2.05, 4.69) is 13.8 Å². The van der Waals surface area contributed by atoms with E-state index in [1.165, 1.54) is 69.1 Å². The van der Waals surface area contributed by atoms with Crippen molar-refractivity contribution in [1.82, 2.24) is 10.4 Å². The largest absolute Gasteiger partial charge is 0.333 e. The summed E-state index contributed by atoms with van der Waals surface area (Å²) in [7, 11) is 0. The number of hydrogen-bond acceptors (Lipinski definition) is 4. The number of amides is 2. The second kappa shape index (κ2) is 21.8. The zero-order valence-electron chi connectivity index (χ0n) is 20.3. The maximum Gasteiger partial charge on any atom is 0.262 e. The summed E-state index contributed by atoms with van der Waals surface area (Å²) in [5.41, 5.74) is 1.59. The molecule has 6 heteroatoms. The average Bonchev–Trinajstić information content (AvgIpc) is 2.77. The van der Waals surface area contributed by atoms with Gasteiger partial charge in [-0.1, -0.05) is 97.3 Å². The van der Waals surface area contributed by atoms with Gasteiger partial charge in [-0.3, -0.25) is 19.6 Å². The molecule has 0 saturated heterocycles. The minimum absolute atomic E-state index is 0.127. The van der Waals surface area contributed by atoms with Crippen LogP contribution in [0.2, 0.25) is 0 Å². The van der Waals surface area contributed by atoms with Gasteiger partial charge in [0.2, 0.25) is 5.91 Å². The molecular formula is C25H48N2O4. The number of Topliss-reactive ketones (excluding diaryl/α,β-unsaturated/α-hetero) is 1. The molecule has 0 heterocycles. The zero-order valence-corrected chi connectivity index (χ0v) is 20.3. The molecule has 0 atom stereocenters. The number of nitrogens with one attached hydrogen (secondary N) is 1. The van der Waals surface area contributed by atoms with Crippen molar-refractivity contribution in [3.63, 3.8) is 0 Å². The molecule has 0 aromatic carbocycles. The van der Waals surface area contributed by atoms with E-state index in [4.69, 9.17) is 5.21 Å². The van der Waals surface area contributed by atoms with Gasteiger partial charge in [0.15, 0.2) is 0 Å². The molecular weight excluding hydrogens is 392 g/mol. The molecule has 0 spiro atoms. The smallest absolute Gasteiger partial charge is 0.262 e. The summed E-state index contributed by atoms with van der Waals surface area (Å²) < 4.78 is 0. The molecule has 6 nitrogen and oxygen atoms in total. The Morgan fingerprint density at radius 2 is 1.13 bits per heavy atom. The molecule has 2 N–H and O–H groups in total. The Hall–Kier alpha value is -1.43. The minimum Gasteiger partial charge on any atom is -0.333 e. The van der Waals surface area contributed by atoms with Gasteiger partial charge in [0.25, 0.3) is 5.91 Å². The van der Waals surface area contributed by atoms with Gasteiger partial charge in [0, 0.05) is 25.8 Å². The van der Waals surface area contributed by atoms with Crippen LogP contribution in [-0.4, -0.2) is 40.8 Å². The summed E-state index contributed by atoms with van der Waals surface area (Å²) >= 11 is 0. The lowest BCUT2D eigenvalue weighted by Gasteiger charge is -2.21. The molecule has 0 fully saturated rings. The van der Waals surface area contributed by atoms with Crippen molar-refractivity contribution in [3.05, 3.63) is 0 Å². The molecule has 2 amide bonds. The summed E-state index contributed by atoms with van der Waals surface area (Å²) in [5, 5.41) is 8.77. The first-order valence-electron chi connectivity index (χ1n) is 12.8. The molecule has 0 radical (unpaired) electrons. The van der Waals surface area contributed by atoms with Gasteiger partial charge >= 0.3 is 0 Å². The van der Waals surface area contributed by atoms with Gasteiger partial charge in [-0.05, 0) is 12.8 Å². The van der Waals surface area contributed by atoms with E-state index in [0.717, 1.165) is 32.1 Å². The van der Waals surface area contributed by atoms with Crippen LogP contribution in [0, 0.1) is 0 Å². The van der Waals surface area contributed by atoms with Gasteiger partial charge in [-0.2, -0.15) is 0 Å². The van der Waals surface area contributed by atoms with E-state index in [1.807, 2.05) is 0 Å². The number of nitrogens with zero attached hydrogens (tertiary/aromatic N) is 1. The molecule has 0 bridgehead atoms. The Labute approximate surface area is 190 Å². The number of hydrogen-bond donors (Lipinski definition) is 2. The molecule has 0 unspecified atom stereocenters. The quantitative estimate of drug-likeness (QED) is 0.124. The third-order valence-electron chi connectivity index (χ3n) is 5.77. The van der Waals surface area contributed by atoms with Crippen LogP contribution in [0.25, 0.3) is 0 Å². The fourth-order valence-corrected chi connectivity index (χ4v) is 3.75. The molecule has 0 aromatic rings.